The van der Waals surface area contributed by atoms with Crippen LogP contribution in [0.5, 0.6) is 0 Å². The number of rotatable bonds is 13. The van der Waals surface area contributed by atoms with Gasteiger partial charge in [0.05, 0.1) is 12.7 Å². The highest BCUT2D eigenvalue weighted by Crippen LogP contribution is 2.11. The normalized spacial score (nSPS) is 12.1. The van der Waals surface area contributed by atoms with Crippen LogP contribution in [0, 0.1) is 0 Å². The zero-order valence-corrected chi connectivity index (χ0v) is 16.1. The summed E-state index contributed by atoms with van der Waals surface area (Å²) in [6, 6.07) is -1.66. The molecule has 0 saturated heterocycles. The fourth-order valence-corrected chi connectivity index (χ4v) is 2.18. The van der Waals surface area contributed by atoms with Crippen LogP contribution >= 0.6 is 0 Å². The van der Waals surface area contributed by atoms with E-state index in [4.69, 9.17) is 0 Å². The Hall–Kier alpha value is -2.70. The lowest BCUT2D eigenvalue weighted by molar-refractivity contribution is -0.157. The van der Waals surface area contributed by atoms with Crippen molar-refractivity contribution in [2.24, 2.45) is 0 Å². The van der Waals surface area contributed by atoms with Crippen LogP contribution in [-0.4, -0.2) is 39.8 Å². The van der Waals surface area contributed by atoms with E-state index in [1.165, 1.54) is 12.2 Å². The molecule has 0 spiro atoms. The first-order chi connectivity index (χ1) is 12.9. The topological polar surface area (TPSA) is 101 Å². The molecule has 7 heteroatoms. The third kappa shape index (κ3) is 10.1. The molecule has 0 radical (unpaired) electrons. The summed E-state index contributed by atoms with van der Waals surface area (Å²) in [7, 11) is 0. The van der Waals surface area contributed by atoms with Gasteiger partial charge < -0.3 is 9.84 Å². The Morgan fingerprint density at radius 3 is 1.85 bits per heavy atom. The average Bonchev–Trinajstić information content (AvgIpc) is 2.62. The van der Waals surface area contributed by atoms with Crippen molar-refractivity contribution < 1.29 is 29.0 Å². The minimum atomic E-state index is -1.66. The summed E-state index contributed by atoms with van der Waals surface area (Å²) in [5, 5.41) is 9.45. The minimum absolute atomic E-state index is 0.581. The van der Waals surface area contributed by atoms with Crippen molar-refractivity contribution >= 4 is 23.8 Å². The number of nitrogens with zero attached hydrogens (tertiary/aromatic N) is 1. The number of ether oxygens (including phenoxy) is 1. The molecular weight excluding hydrogens is 350 g/mol. The van der Waals surface area contributed by atoms with Gasteiger partial charge in [-0.3, -0.25) is 19.3 Å². The maximum atomic E-state index is 12.5. The fraction of sp³-hybridized carbons (Fsp3) is 0.500. The number of esters is 1. The third-order valence-electron chi connectivity index (χ3n) is 3.62. The predicted octanol–water partition coefficient (Wildman–Crippen LogP) is 3.36. The number of imide groups is 1. The van der Waals surface area contributed by atoms with E-state index in [0.717, 1.165) is 31.9 Å². The smallest absolute Gasteiger partial charge is 0.327 e. The zero-order chi connectivity index (χ0) is 20.7. The quantitative estimate of drug-likeness (QED) is 0.228. The van der Waals surface area contributed by atoms with Gasteiger partial charge in [-0.2, -0.15) is 0 Å². The molecule has 0 heterocycles. The van der Waals surface area contributed by atoms with Crippen LogP contribution in [-0.2, 0) is 23.9 Å². The molecule has 0 rings (SSSR count). The molecule has 1 unspecified atom stereocenters. The van der Waals surface area contributed by atoms with Crippen LogP contribution in [0.15, 0.2) is 37.1 Å². The van der Waals surface area contributed by atoms with Crippen LogP contribution in [0.2, 0.25) is 0 Å². The fourth-order valence-electron chi connectivity index (χ4n) is 2.18. The van der Waals surface area contributed by atoms with E-state index in [9.17, 15) is 24.3 Å². The lowest BCUT2D eigenvalue weighted by atomic mass is 10.1. The lowest BCUT2D eigenvalue weighted by Crippen LogP contribution is -2.48. The molecule has 0 fully saturated rings. The van der Waals surface area contributed by atoms with Crippen molar-refractivity contribution in [2.75, 3.05) is 0 Å². The molecule has 1 N–H and O–H groups in total. The second kappa shape index (κ2) is 14.5. The Bertz CT molecular complexity index is 549. The SMILES string of the molecule is C=COC(=O)CC(C(=O)O)N(C(=O)/C=C/CCCC)C(=O)/C=C/CCCC. The Labute approximate surface area is 160 Å². The molecule has 2 amide bonds. The minimum Gasteiger partial charge on any atom is -0.480 e. The first-order valence-electron chi connectivity index (χ1n) is 9.12. The third-order valence-corrected chi connectivity index (χ3v) is 3.62. The van der Waals surface area contributed by atoms with Crippen molar-refractivity contribution in [1.82, 2.24) is 4.90 Å². The van der Waals surface area contributed by atoms with Gasteiger partial charge in [0, 0.05) is 0 Å². The highest BCUT2D eigenvalue weighted by atomic mass is 16.5. The van der Waals surface area contributed by atoms with Crippen molar-refractivity contribution in [3.05, 3.63) is 37.1 Å². The van der Waals surface area contributed by atoms with Crippen LogP contribution in [0.3, 0.4) is 0 Å². The number of hydrogen-bond donors (Lipinski definition) is 1. The molecule has 7 nitrogen and oxygen atoms in total. The van der Waals surface area contributed by atoms with Crippen molar-refractivity contribution in [2.45, 2.75) is 64.8 Å². The summed E-state index contributed by atoms with van der Waals surface area (Å²) in [6.07, 6.45) is 10.6. The van der Waals surface area contributed by atoms with Gasteiger partial charge in [0.25, 0.3) is 11.8 Å². The monoisotopic (exact) mass is 379 g/mol. The number of allylic oxidation sites excluding steroid dienone is 2. The van der Waals surface area contributed by atoms with Crippen LogP contribution in [0.4, 0.5) is 0 Å². The summed E-state index contributed by atoms with van der Waals surface area (Å²) in [5.41, 5.74) is 0. The summed E-state index contributed by atoms with van der Waals surface area (Å²) in [5.74, 6) is -3.93. The molecule has 0 aromatic heterocycles. The average molecular weight is 379 g/mol. The van der Waals surface area contributed by atoms with Gasteiger partial charge in [0.15, 0.2) is 0 Å². The van der Waals surface area contributed by atoms with Gasteiger partial charge in [-0.15, -0.1) is 0 Å². The second-order valence-corrected chi connectivity index (χ2v) is 5.85. The van der Waals surface area contributed by atoms with E-state index in [2.05, 4.69) is 11.3 Å². The molecule has 0 aliphatic carbocycles. The van der Waals surface area contributed by atoms with E-state index in [1.807, 2.05) is 13.8 Å². The van der Waals surface area contributed by atoms with Gasteiger partial charge in [0.2, 0.25) is 0 Å². The second-order valence-electron chi connectivity index (χ2n) is 5.85. The van der Waals surface area contributed by atoms with Gasteiger partial charge in [-0.1, -0.05) is 58.3 Å². The summed E-state index contributed by atoms with van der Waals surface area (Å²) < 4.78 is 4.53. The van der Waals surface area contributed by atoms with E-state index in [1.54, 1.807) is 12.2 Å². The maximum absolute atomic E-state index is 12.5. The number of aliphatic carboxylic acids is 1. The molecule has 150 valence electrons. The maximum Gasteiger partial charge on any atom is 0.327 e. The largest absolute Gasteiger partial charge is 0.480 e. The molecule has 27 heavy (non-hydrogen) atoms. The molecule has 0 aromatic carbocycles. The summed E-state index contributed by atoms with van der Waals surface area (Å²) >= 11 is 0. The van der Waals surface area contributed by atoms with Crippen LogP contribution < -0.4 is 0 Å². The van der Waals surface area contributed by atoms with Crippen molar-refractivity contribution in [3.63, 3.8) is 0 Å². The van der Waals surface area contributed by atoms with Crippen LogP contribution in [0.25, 0.3) is 0 Å². The van der Waals surface area contributed by atoms with E-state index >= 15 is 0 Å². The van der Waals surface area contributed by atoms with Crippen LogP contribution in [0.1, 0.15) is 58.8 Å². The lowest BCUT2D eigenvalue weighted by Gasteiger charge is -2.24. The van der Waals surface area contributed by atoms with Gasteiger partial charge in [-0.05, 0) is 25.0 Å². The Balaban J connectivity index is 5.52. The number of carbonyl (C=O) groups excluding carboxylic acids is 3. The number of unbranched alkanes of at least 4 members (excludes halogenated alkanes) is 4. The standard InChI is InChI=1S/C20H29NO6/c1-4-7-9-11-13-17(22)21(18(23)14-12-10-8-5-2)16(20(25)26)15-19(24)27-6-3/h6,11-14,16H,3-5,7-10,15H2,1-2H3,(H,25,26)/b13-11+,14-12+. The molecule has 0 aliphatic heterocycles. The summed E-state index contributed by atoms with van der Waals surface area (Å²) in [4.78, 5) is 48.8. The molecule has 0 aromatic rings. The van der Waals surface area contributed by atoms with E-state index < -0.39 is 36.2 Å². The zero-order valence-electron chi connectivity index (χ0n) is 16.1. The Morgan fingerprint density at radius 2 is 1.48 bits per heavy atom. The van der Waals surface area contributed by atoms with Crippen molar-refractivity contribution in [1.29, 1.82) is 0 Å². The number of carboxylic acids is 1. The molecule has 0 saturated carbocycles. The van der Waals surface area contributed by atoms with Gasteiger partial charge >= 0.3 is 11.9 Å². The highest BCUT2D eigenvalue weighted by molar-refractivity contribution is 6.08. The predicted molar refractivity (Wildman–Crippen MR) is 102 cm³/mol. The number of carboxylic acid groups (broad SMARTS) is 1. The molecule has 0 aliphatic rings. The number of amides is 2. The van der Waals surface area contributed by atoms with E-state index in [0.29, 0.717) is 17.7 Å². The molecule has 1 atom stereocenters. The highest BCUT2D eigenvalue weighted by Gasteiger charge is 2.34. The number of hydrogen-bond acceptors (Lipinski definition) is 5. The van der Waals surface area contributed by atoms with Gasteiger partial charge in [-0.25, -0.2) is 4.79 Å². The Morgan fingerprint density at radius 1 is 1.00 bits per heavy atom. The van der Waals surface area contributed by atoms with Crippen molar-refractivity contribution in [3.8, 4) is 0 Å². The number of carbonyl (C=O) groups is 4. The molecular formula is C20H29NO6. The first-order valence-corrected chi connectivity index (χ1v) is 9.12. The van der Waals surface area contributed by atoms with Gasteiger partial charge in [0.1, 0.15) is 6.04 Å². The first kappa shape index (κ1) is 24.3. The molecule has 0 bridgehead atoms. The Kier molecular flexibility index (Phi) is 13.0. The summed E-state index contributed by atoms with van der Waals surface area (Å²) in [6.45, 7) is 7.22. The van der Waals surface area contributed by atoms with E-state index in [-0.39, 0.29) is 0 Å².